The number of sulfone groups is 1. The SMILES string of the molecule is CC(C)Oc1ccc(S(C)(=O)=O)cc1C(=O)N1CCC(Cc2ccc(C(F)(F)F)cc2)C1. The van der Waals surface area contributed by atoms with Crippen molar-refractivity contribution in [3.05, 3.63) is 59.2 Å². The fourth-order valence-electron chi connectivity index (χ4n) is 3.78. The molecule has 0 radical (unpaired) electrons. The Hall–Kier alpha value is -2.55. The highest BCUT2D eigenvalue weighted by Gasteiger charge is 2.31. The number of benzene rings is 2. The summed E-state index contributed by atoms with van der Waals surface area (Å²) in [5.41, 5.74) is 0.282. The number of amides is 1. The van der Waals surface area contributed by atoms with Crippen LogP contribution in [0.25, 0.3) is 0 Å². The van der Waals surface area contributed by atoms with Crippen molar-refractivity contribution >= 4 is 15.7 Å². The highest BCUT2D eigenvalue weighted by atomic mass is 32.2. The van der Waals surface area contributed by atoms with Crippen LogP contribution in [0.5, 0.6) is 5.75 Å². The molecule has 1 amide bonds. The lowest BCUT2D eigenvalue weighted by molar-refractivity contribution is -0.137. The molecule has 0 saturated carbocycles. The third-order valence-electron chi connectivity index (χ3n) is 5.35. The highest BCUT2D eigenvalue weighted by Crippen LogP contribution is 2.31. The number of likely N-dealkylation sites (tertiary alicyclic amines) is 1. The summed E-state index contributed by atoms with van der Waals surface area (Å²) in [6.45, 7) is 4.54. The van der Waals surface area contributed by atoms with Gasteiger partial charge in [0, 0.05) is 19.3 Å². The van der Waals surface area contributed by atoms with E-state index in [9.17, 15) is 26.4 Å². The number of alkyl halides is 3. The molecule has 0 aliphatic carbocycles. The van der Waals surface area contributed by atoms with Gasteiger partial charge in [0.1, 0.15) is 5.75 Å². The van der Waals surface area contributed by atoms with Crippen LogP contribution in [0.2, 0.25) is 0 Å². The smallest absolute Gasteiger partial charge is 0.416 e. The molecule has 1 unspecified atom stereocenters. The first-order valence-corrected chi connectivity index (χ1v) is 12.2. The van der Waals surface area contributed by atoms with Crippen LogP contribution in [0.4, 0.5) is 13.2 Å². The van der Waals surface area contributed by atoms with Crippen LogP contribution in [0, 0.1) is 5.92 Å². The van der Waals surface area contributed by atoms with Crippen LogP contribution >= 0.6 is 0 Å². The second-order valence-electron chi connectivity index (χ2n) is 8.40. The monoisotopic (exact) mass is 469 g/mol. The van der Waals surface area contributed by atoms with Crippen molar-refractivity contribution in [2.75, 3.05) is 19.3 Å². The molecule has 5 nitrogen and oxygen atoms in total. The van der Waals surface area contributed by atoms with Crippen molar-refractivity contribution in [2.45, 2.75) is 43.9 Å². The van der Waals surface area contributed by atoms with Crippen LogP contribution in [0.15, 0.2) is 47.4 Å². The van der Waals surface area contributed by atoms with Crippen molar-refractivity contribution in [2.24, 2.45) is 5.92 Å². The molecule has 9 heteroatoms. The minimum absolute atomic E-state index is 0.0393. The molecule has 174 valence electrons. The summed E-state index contributed by atoms with van der Waals surface area (Å²) in [7, 11) is -3.50. The van der Waals surface area contributed by atoms with Gasteiger partial charge in [0.05, 0.1) is 22.1 Å². The molecule has 3 rings (SSSR count). The Balaban J connectivity index is 1.75. The molecule has 1 heterocycles. The zero-order valence-electron chi connectivity index (χ0n) is 18.1. The largest absolute Gasteiger partial charge is 0.490 e. The molecule has 2 aromatic carbocycles. The van der Waals surface area contributed by atoms with Crippen molar-refractivity contribution < 1.29 is 31.1 Å². The van der Waals surface area contributed by atoms with E-state index in [2.05, 4.69) is 0 Å². The Labute approximate surface area is 186 Å². The lowest BCUT2D eigenvalue weighted by atomic mass is 9.98. The number of carbonyl (C=O) groups excluding carboxylic acids is 1. The Morgan fingerprint density at radius 3 is 2.38 bits per heavy atom. The summed E-state index contributed by atoms with van der Waals surface area (Å²) in [4.78, 5) is 14.9. The van der Waals surface area contributed by atoms with Crippen molar-refractivity contribution in [3.63, 3.8) is 0 Å². The average Bonchev–Trinajstić information content (AvgIpc) is 3.14. The molecule has 1 aliphatic heterocycles. The number of carbonyl (C=O) groups is 1. The second kappa shape index (κ2) is 9.13. The van der Waals surface area contributed by atoms with E-state index in [1.807, 2.05) is 13.8 Å². The molecular weight excluding hydrogens is 443 g/mol. The molecule has 1 atom stereocenters. The first-order valence-electron chi connectivity index (χ1n) is 10.3. The van der Waals surface area contributed by atoms with Crippen molar-refractivity contribution in [1.29, 1.82) is 0 Å². The second-order valence-corrected chi connectivity index (χ2v) is 10.4. The van der Waals surface area contributed by atoms with E-state index in [1.165, 1.54) is 30.3 Å². The van der Waals surface area contributed by atoms with Gasteiger partial charge in [-0.05, 0) is 68.5 Å². The van der Waals surface area contributed by atoms with Gasteiger partial charge >= 0.3 is 6.18 Å². The molecule has 32 heavy (non-hydrogen) atoms. The number of rotatable bonds is 6. The van der Waals surface area contributed by atoms with E-state index < -0.39 is 21.6 Å². The summed E-state index contributed by atoms with van der Waals surface area (Å²) in [6, 6.07) is 9.34. The Kier molecular flexibility index (Phi) is 6.88. The number of hydrogen-bond acceptors (Lipinski definition) is 4. The van der Waals surface area contributed by atoms with Gasteiger partial charge in [0.15, 0.2) is 9.84 Å². The van der Waals surface area contributed by atoms with Crippen LogP contribution in [0.3, 0.4) is 0 Å². The van der Waals surface area contributed by atoms with Crippen LogP contribution in [-0.4, -0.2) is 44.7 Å². The zero-order valence-corrected chi connectivity index (χ0v) is 19.0. The summed E-state index contributed by atoms with van der Waals surface area (Å²) < 4.78 is 67.9. The average molecular weight is 470 g/mol. The van der Waals surface area contributed by atoms with E-state index in [0.717, 1.165) is 24.0 Å². The lowest BCUT2D eigenvalue weighted by Crippen LogP contribution is -2.30. The van der Waals surface area contributed by atoms with Crippen molar-refractivity contribution in [1.82, 2.24) is 4.90 Å². The summed E-state index contributed by atoms with van der Waals surface area (Å²) in [5.74, 6) is 0.105. The predicted molar refractivity (Wildman–Crippen MR) is 114 cm³/mol. The van der Waals surface area contributed by atoms with Gasteiger partial charge in [-0.1, -0.05) is 12.1 Å². The maximum absolute atomic E-state index is 13.2. The summed E-state index contributed by atoms with van der Waals surface area (Å²) >= 11 is 0. The zero-order chi connectivity index (χ0) is 23.7. The minimum Gasteiger partial charge on any atom is -0.490 e. The first kappa shape index (κ1) is 24.1. The Bertz CT molecular complexity index is 1080. The summed E-state index contributed by atoms with van der Waals surface area (Å²) in [5, 5.41) is 0. The van der Waals surface area contributed by atoms with Crippen LogP contribution < -0.4 is 4.74 Å². The first-order chi connectivity index (χ1) is 14.8. The minimum atomic E-state index is -4.37. The number of halogens is 3. The van der Waals surface area contributed by atoms with Crippen molar-refractivity contribution in [3.8, 4) is 5.75 Å². The standard InChI is InChI=1S/C23H26F3NO4S/c1-15(2)31-21-9-8-19(32(3,29)30)13-20(21)22(28)27-11-10-17(14-27)12-16-4-6-18(7-5-16)23(24,25)26/h4-9,13,15,17H,10-12,14H2,1-3H3. The fraction of sp³-hybridized carbons (Fsp3) is 0.435. The fourth-order valence-corrected chi connectivity index (χ4v) is 4.43. The molecule has 2 aromatic rings. The van der Waals surface area contributed by atoms with Gasteiger partial charge in [-0.2, -0.15) is 13.2 Å². The van der Waals surface area contributed by atoms with Gasteiger partial charge in [-0.25, -0.2) is 8.42 Å². The van der Waals surface area contributed by atoms with Gasteiger partial charge in [-0.3, -0.25) is 4.79 Å². The summed E-state index contributed by atoms with van der Waals surface area (Å²) in [6.07, 6.45) is -2.22. The van der Waals surface area contributed by atoms with Gasteiger partial charge in [0.25, 0.3) is 5.91 Å². The maximum atomic E-state index is 13.2. The van der Waals surface area contributed by atoms with E-state index >= 15 is 0 Å². The Morgan fingerprint density at radius 1 is 1.16 bits per heavy atom. The Morgan fingerprint density at radius 2 is 1.81 bits per heavy atom. The molecule has 1 aliphatic rings. The molecule has 1 saturated heterocycles. The lowest BCUT2D eigenvalue weighted by Gasteiger charge is -2.20. The number of nitrogens with zero attached hydrogens (tertiary/aromatic N) is 1. The predicted octanol–water partition coefficient (Wildman–Crippen LogP) is 4.60. The van der Waals surface area contributed by atoms with E-state index in [1.54, 1.807) is 4.90 Å². The van der Waals surface area contributed by atoms with Gasteiger partial charge < -0.3 is 9.64 Å². The van der Waals surface area contributed by atoms with E-state index in [4.69, 9.17) is 4.74 Å². The molecule has 0 bridgehead atoms. The normalized spacial score (nSPS) is 17.1. The molecule has 1 fully saturated rings. The number of hydrogen-bond donors (Lipinski definition) is 0. The third-order valence-corrected chi connectivity index (χ3v) is 6.46. The molecule has 0 aromatic heterocycles. The topological polar surface area (TPSA) is 63.7 Å². The number of ether oxygens (including phenoxy) is 1. The quantitative estimate of drug-likeness (QED) is 0.620. The van der Waals surface area contributed by atoms with Crippen LogP contribution in [0.1, 0.15) is 41.8 Å². The molecule has 0 spiro atoms. The maximum Gasteiger partial charge on any atom is 0.416 e. The van der Waals surface area contributed by atoms with Crippen LogP contribution in [-0.2, 0) is 22.4 Å². The van der Waals surface area contributed by atoms with Gasteiger partial charge in [-0.15, -0.1) is 0 Å². The highest BCUT2D eigenvalue weighted by molar-refractivity contribution is 7.90. The third kappa shape index (κ3) is 5.82. The molecular formula is C23H26F3NO4S. The molecule has 0 N–H and O–H groups in total. The van der Waals surface area contributed by atoms with E-state index in [-0.39, 0.29) is 28.4 Å². The van der Waals surface area contributed by atoms with Gasteiger partial charge in [0.2, 0.25) is 0 Å². The van der Waals surface area contributed by atoms with E-state index in [0.29, 0.717) is 31.7 Å².